The van der Waals surface area contributed by atoms with E-state index in [-0.39, 0.29) is 24.6 Å². The minimum atomic E-state index is -4.75. The lowest BCUT2D eigenvalue weighted by molar-refractivity contribution is -0.141. The highest BCUT2D eigenvalue weighted by Gasteiger charge is 2.35. The lowest BCUT2D eigenvalue weighted by atomic mass is 9.95. The van der Waals surface area contributed by atoms with Crippen LogP contribution in [0.1, 0.15) is 24.5 Å². The number of halogens is 3. The number of epoxide rings is 1. The number of nitrogens with zero attached hydrogens (tertiary/aromatic N) is 1. The molecule has 1 aliphatic heterocycles. The Hall–Kier alpha value is -1.95. The van der Waals surface area contributed by atoms with E-state index in [1.165, 1.54) is 13.1 Å². The molecule has 2 aromatic rings. The summed E-state index contributed by atoms with van der Waals surface area (Å²) in [5.74, 6) is -1.68. The number of carboxylic acid groups (broad SMARTS) is 1. The van der Waals surface area contributed by atoms with Crippen LogP contribution in [0.25, 0.3) is 10.4 Å². The van der Waals surface area contributed by atoms with Gasteiger partial charge in [-0.2, -0.15) is 17.5 Å². The maximum Gasteiger partial charge on any atom is 0.416 e. The predicted molar refractivity (Wildman–Crippen MR) is 109 cm³/mol. The second kappa shape index (κ2) is 8.89. The first kappa shape index (κ1) is 23.7. The topological polar surface area (TPSA) is 87.2 Å². The highest BCUT2D eigenvalue weighted by atomic mass is 32.2. The molecule has 1 saturated heterocycles. The standard InChI is InChI=1S/C20H22F3NO5S2/c1-3-12(19(25)26)6-13-4-5-30-18(13)14-7-15(20(21,22)23)9-17(8-14)31(27,28)24(2)10-16-11-29-16/h4-5,7-9,12,16H,3,6,10-11H2,1-2H3,(H,25,26)/t12-,16?/m0/s1. The summed E-state index contributed by atoms with van der Waals surface area (Å²) < 4.78 is 72.6. The molecule has 3 rings (SSSR count). The van der Waals surface area contributed by atoms with E-state index in [1.54, 1.807) is 18.4 Å². The van der Waals surface area contributed by atoms with Gasteiger partial charge in [0.25, 0.3) is 0 Å². The van der Waals surface area contributed by atoms with Gasteiger partial charge in [0.05, 0.1) is 29.1 Å². The molecule has 0 amide bonds. The van der Waals surface area contributed by atoms with Gasteiger partial charge in [-0.1, -0.05) is 6.92 Å². The van der Waals surface area contributed by atoms with Gasteiger partial charge in [0.1, 0.15) is 0 Å². The lowest BCUT2D eigenvalue weighted by Crippen LogP contribution is -2.30. The largest absolute Gasteiger partial charge is 0.481 e. The molecule has 1 aromatic carbocycles. The second-order valence-electron chi connectivity index (χ2n) is 7.41. The Labute approximate surface area is 182 Å². The van der Waals surface area contributed by atoms with Crippen molar-refractivity contribution in [2.75, 3.05) is 20.2 Å². The summed E-state index contributed by atoms with van der Waals surface area (Å²) in [6.45, 7) is 2.18. The summed E-state index contributed by atoms with van der Waals surface area (Å²) in [6.07, 6.45) is -4.50. The molecule has 0 radical (unpaired) electrons. The SMILES string of the molecule is CC[C@@H](Cc1ccsc1-c1cc(C(F)(F)F)cc(S(=O)(=O)N(C)CC2CO2)c1)C(=O)O. The Morgan fingerprint density at radius 2 is 2.03 bits per heavy atom. The highest BCUT2D eigenvalue weighted by Crippen LogP contribution is 2.38. The highest BCUT2D eigenvalue weighted by molar-refractivity contribution is 7.89. The number of carboxylic acids is 1. The number of carbonyl (C=O) groups is 1. The zero-order valence-electron chi connectivity index (χ0n) is 16.8. The smallest absolute Gasteiger partial charge is 0.416 e. The molecular weight excluding hydrogens is 455 g/mol. The number of benzene rings is 1. The fraction of sp³-hybridized carbons (Fsp3) is 0.450. The van der Waals surface area contributed by atoms with E-state index in [0.29, 0.717) is 29.5 Å². The Morgan fingerprint density at radius 3 is 2.58 bits per heavy atom. The fourth-order valence-corrected chi connectivity index (χ4v) is 5.40. The van der Waals surface area contributed by atoms with Gasteiger partial charge < -0.3 is 9.84 Å². The zero-order chi connectivity index (χ0) is 23.0. The van der Waals surface area contributed by atoms with Gasteiger partial charge in [0.2, 0.25) is 10.0 Å². The molecule has 0 spiro atoms. The normalized spacial score (nSPS) is 17.7. The van der Waals surface area contributed by atoms with Crippen molar-refractivity contribution in [2.24, 2.45) is 5.92 Å². The van der Waals surface area contributed by atoms with Crippen molar-refractivity contribution >= 4 is 27.3 Å². The van der Waals surface area contributed by atoms with Crippen LogP contribution in [-0.2, 0) is 32.2 Å². The Kier molecular flexibility index (Phi) is 6.80. The number of thiophene rings is 1. The van der Waals surface area contributed by atoms with Crippen LogP contribution in [0.15, 0.2) is 34.5 Å². The third-order valence-corrected chi connectivity index (χ3v) is 7.93. The number of ether oxygens (including phenoxy) is 1. The molecule has 6 nitrogen and oxygen atoms in total. The van der Waals surface area contributed by atoms with Gasteiger partial charge in [-0.3, -0.25) is 4.79 Å². The summed E-state index contributed by atoms with van der Waals surface area (Å²) in [4.78, 5) is 11.4. The molecular formula is C20H22F3NO5S2. The maximum absolute atomic E-state index is 13.6. The van der Waals surface area contributed by atoms with Crippen molar-refractivity contribution in [3.8, 4) is 10.4 Å². The van der Waals surface area contributed by atoms with Crippen LogP contribution in [0.4, 0.5) is 13.2 Å². The first-order chi connectivity index (χ1) is 14.4. The number of rotatable bonds is 9. The van der Waals surface area contributed by atoms with E-state index in [1.807, 2.05) is 0 Å². The molecule has 1 fully saturated rings. The summed E-state index contributed by atoms with van der Waals surface area (Å²) in [5, 5.41) is 11.0. The van der Waals surface area contributed by atoms with Crippen LogP contribution < -0.4 is 0 Å². The number of likely N-dealkylation sites (N-methyl/N-ethyl adjacent to an activating group) is 1. The number of sulfonamides is 1. The second-order valence-corrected chi connectivity index (χ2v) is 10.4. The van der Waals surface area contributed by atoms with Crippen molar-refractivity contribution in [3.05, 3.63) is 40.8 Å². The third kappa shape index (κ3) is 5.46. The Bertz CT molecular complexity index is 1060. The van der Waals surface area contributed by atoms with Gasteiger partial charge in [-0.25, -0.2) is 8.42 Å². The summed E-state index contributed by atoms with van der Waals surface area (Å²) >= 11 is 1.15. The summed E-state index contributed by atoms with van der Waals surface area (Å²) in [5.41, 5.74) is -0.416. The quantitative estimate of drug-likeness (QED) is 0.550. The average Bonchev–Trinajstić information content (AvgIpc) is 3.38. The molecule has 11 heteroatoms. The van der Waals surface area contributed by atoms with Gasteiger partial charge in [-0.15, -0.1) is 11.3 Å². The number of aliphatic carboxylic acids is 1. The van der Waals surface area contributed by atoms with E-state index in [0.717, 1.165) is 21.7 Å². The van der Waals surface area contributed by atoms with Crippen LogP contribution in [0.5, 0.6) is 0 Å². The summed E-state index contributed by atoms with van der Waals surface area (Å²) in [7, 11) is -2.88. The first-order valence-corrected chi connectivity index (χ1v) is 11.8. The molecule has 1 unspecified atom stereocenters. The Morgan fingerprint density at radius 1 is 1.35 bits per heavy atom. The van der Waals surface area contributed by atoms with Gasteiger partial charge in [-0.05, 0) is 53.6 Å². The van der Waals surface area contributed by atoms with Crippen LogP contribution in [0.2, 0.25) is 0 Å². The van der Waals surface area contributed by atoms with Crippen molar-refractivity contribution in [1.29, 1.82) is 0 Å². The molecule has 1 aliphatic rings. The number of hydrogen-bond acceptors (Lipinski definition) is 5. The Balaban J connectivity index is 2.07. The minimum absolute atomic E-state index is 0.0506. The van der Waals surface area contributed by atoms with E-state index < -0.39 is 38.5 Å². The molecule has 0 aliphatic carbocycles. The monoisotopic (exact) mass is 477 g/mol. The van der Waals surface area contributed by atoms with Crippen LogP contribution in [0.3, 0.4) is 0 Å². The molecule has 1 aromatic heterocycles. The van der Waals surface area contributed by atoms with Crippen molar-refractivity contribution in [3.63, 3.8) is 0 Å². The first-order valence-electron chi connectivity index (χ1n) is 9.53. The van der Waals surface area contributed by atoms with Crippen LogP contribution in [-0.4, -0.2) is 50.1 Å². The van der Waals surface area contributed by atoms with Gasteiger partial charge in [0, 0.05) is 18.5 Å². The zero-order valence-corrected chi connectivity index (χ0v) is 18.5. The lowest BCUT2D eigenvalue weighted by Gasteiger charge is -2.19. The molecule has 0 saturated carbocycles. The van der Waals surface area contributed by atoms with Crippen LogP contribution in [0, 0.1) is 5.92 Å². The fourth-order valence-electron chi connectivity index (χ4n) is 3.20. The average molecular weight is 478 g/mol. The maximum atomic E-state index is 13.6. The van der Waals surface area contributed by atoms with Crippen molar-refractivity contribution < 1.29 is 36.2 Å². The third-order valence-electron chi connectivity index (χ3n) is 5.12. The molecule has 2 heterocycles. The molecule has 2 atom stereocenters. The van der Waals surface area contributed by atoms with E-state index in [4.69, 9.17) is 4.74 Å². The van der Waals surface area contributed by atoms with Crippen molar-refractivity contribution in [1.82, 2.24) is 4.31 Å². The van der Waals surface area contributed by atoms with Crippen molar-refractivity contribution in [2.45, 2.75) is 36.9 Å². The molecule has 31 heavy (non-hydrogen) atoms. The predicted octanol–water partition coefficient (Wildman–Crippen LogP) is 4.11. The molecule has 1 N–H and O–H groups in total. The molecule has 0 bridgehead atoms. The minimum Gasteiger partial charge on any atom is -0.481 e. The number of hydrogen-bond donors (Lipinski definition) is 1. The number of alkyl halides is 3. The van der Waals surface area contributed by atoms with E-state index in [9.17, 15) is 31.5 Å². The van der Waals surface area contributed by atoms with Crippen LogP contribution >= 0.6 is 11.3 Å². The molecule has 170 valence electrons. The van der Waals surface area contributed by atoms with Gasteiger partial charge >= 0.3 is 12.1 Å². The van der Waals surface area contributed by atoms with E-state index in [2.05, 4.69) is 0 Å². The summed E-state index contributed by atoms with van der Waals surface area (Å²) in [6, 6.07) is 4.41. The van der Waals surface area contributed by atoms with Gasteiger partial charge in [0.15, 0.2) is 0 Å². The van der Waals surface area contributed by atoms with E-state index >= 15 is 0 Å².